The summed E-state index contributed by atoms with van der Waals surface area (Å²) in [4.78, 5) is 0. The second kappa shape index (κ2) is 5.82. The lowest BCUT2D eigenvalue weighted by Crippen LogP contribution is -2.22. The Labute approximate surface area is 122 Å². The first kappa shape index (κ1) is 14.0. The average molecular weight is 289 g/mol. The molecule has 0 saturated heterocycles. The molecule has 0 amide bonds. The Morgan fingerprint density at radius 2 is 1.81 bits per heavy atom. The lowest BCUT2D eigenvalue weighted by molar-refractivity contribution is 0.210. The molecule has 2 N–H and O–H groups in total. The Balaban J connectivity index is 1.70. The van der Waals surface area contributed by atoms with E-state index in [0.29, 0.717) is 13.0 Å². The van der Waals surface area contributed by atoms with Crippen LogP contribution in [0.1, 0.15) is 23.5 Å². The van der Waals surface area contributed by atoms with Gasteiger partial charge in [0.05, 0.1) is 0 Å². The first-order valence-electron chi connectivity index (χ1n) is 7.06. The van der Waals surface area contributed by atoms with Crippen LogP contribution in [0.2, 0.25) is 0 Å². The highest BCUT2D eigenvalue weighted by Crippen LogP contribution is 2.33. The third-order valence-corrected chi connectivity index (χ3v) is 3.94. The number of rotatable bonds is 4. The minimum atomic E-state index is -0.255. The van der Waals surface area contributed by atoms with Gasteiger partial charge in [-0.25, -0.2) is 8.78 Å². The zero-order valence-corrected chi connectivity index (χ0v) is 11.6. The number of benzene rings is 2. The maximum absolute atomic E-state index is 13.2. The molecule has 0 spiro atoms. The largest absolute Gasteiger partial charge is 0.490 e. The third-order valence-electron chi connectivity index (χ3n) is 3.94. The van der Waals surface area contributed by atoms with E-state index in [2.05, 4.69) is 0 Å². The van der Waals surface area contributed by atoms with Crippen LogP contribution in [0.25, 0.3) is 0 Å². The smallest absolute Gasteiger partial charge is 0.123 e. The summed E-state index contributed by atoms with van der Waals surface area (Å²) >= 11 is 0. The van der Waals surface area contributed by atoms with Crippen molar-refractivity contribution in [3.63, 3.8) is 0 Å². The predicted octanol–water partition coefficient (Wildman–Crippen LogP) is 3.40. The van der Waals surface area contributed by atoms with Crippen LogP contribution in [0, 0.1) is 11.6 Å². The number of hydrogen-bond donors (Lipinski definition) is 1. The highest BCUT2D eigenvalue weighted by atomic mass is 19.1. The molecule has 3 rings (SSSR count). The first-order valence-corrected chi connectivity index (χ1v) is 7.06. The number of hydrogen-bond acceptors (Lipinski definition) is 2. The molecule has 21 heavy (non-hydrogen) atoms. The fourth-order valence-corrected chi connectivity index (χ4v) is 2.84. The van der Waals surface area contributed by atoms with Crippen molar-refractivity contribution < 1.29 is 13.5 Å². The van der Waals surface area contributed by atoms with Gasteiger partial charge in [-0.2, -0.15) is 0 Å². The van der Waals surface area contributed by atoms with Crippen molar-refractivity contribution in [2.24, 2.45) is 5.73 Å². The van der Waals surface area contributed by atoms with Crippen molar-refractivity contribution in [3.8, 4) is 5.75 Å². The molecule has 0 saturated carbocycles. The maximum atomic E-state index is 13.2. The summed E-state index contributed by atoms with van der Waals surface area (Å²) in [7, 11) is 0. The molecule has 0 radical (unpaired) electrons. The minimum absolute atomic E-state index is 0.0135. The highest BCUT2D eigenvalue weighted by Gasteiger charge is 2.26. The van der Waals surface area contributed by atoms with E-state index in [1.165, 1.54) is 24.3 Å². The summed E-state index contributed by atoms with van der Waals surface area (Å²) in [6, 6.07) is 11.0. The third kappa shape index (κ3) is 3.05. The molecule has 0 aromatic heterocycles. The predicted molar refractivity (Wildman–Crippen MR) is 77.3 cm³/mol. The summed E-state index contributed by atoms with van der Waals surface area (Å²) in [5.41, 5.74) is 7.74. The number of ether oxygens (including phenoxy) is 1. The van der Waals surface area contributed by atoms with Crippen LogP contribution in [0.3, 0.4) is 0 Å². The van der Waals surface area contributed by atoms with E-state index < -0.39 is 0 Å². The lowest BCUT2D eigenvalue weighted by atomic mass is 9.92. The van der Waals surface area contributed by atoms with Gasteiger partial charge in [0.1, 0.15) is 23.5 Å². The standard InChI is InChI=1S/C17H17F2NO/c18-14-3-1-11(2-4-14)13(10-20)9-16-8-12-7-15(19)5-6-17(12)21-16/h1-7,13,16H,8-10,20H2. The van der Waals surface area contributed by atoms with Gasteiger partial charge in [0.25, 0.3) is 0 Å². The Morgan fingerprint density at radius 3 is 2.52 bits per heavy atom. The van der Waals surface area contributed by atoms with Crippen LogP contribution in [0.5, 0.6) is 5.75 Å². The summed E-state index contributed by atoms with van der Waals surface area (Å²) in [6.45, 7) is 0.468. The minimum Gasteiger partial charge on any atom is -0.490 e. The van der Waals surface area contributed by atoms with Gasteiger partial charge in [0.2, 0.25) is 0 Å². The van der Waals surface area contributed by atoms with Crippen molar-refractivity contribution in [2.75, 3.05) is 6.54 Å². The molecule has 2 aromatic rings. The van der Waals surface area contributed by atoms with Crippen molar-refractivity contribution >= 4 is 0 Å². The molecular formula is C17H17F2NO. The van der Waals surface area contributed by atoms with E-state index in [9.17, 15) is 8.78 Å². The van der Waals surface area contributed by atoms with E-state index in [1.54, 1.807) is 18.2 Å². The SMILES string of the molecule is NCC(CC1Cc2cc(F)ccc2O1)c1ccc(F)cc1. The number of nitrogens with two attached hydrogens (primary N) is 1. The van der Waals surface area contributed by atoms with E-state index in [-0.39, 0.29) is 23.7 Å². The monoisotopic (exact) mass is 289 g/mol. The Morgan fingerprint density at radius 1 is 1.10 bits per heavy atom. The Hall–Kier alpha value is -1.94. The van der Waals surface area contributed by atoms with E-state index in [4.69, 9.17) is 10.5 Å². The van der Waals surface area contributed by atoms with E-state index in [0.717, 1.165) is 23.3 Å². The molecular weight excluding hydrogens is 272 g/mol. The van der Waals surface area contributed by atoms with Crippen LogP contribution >= 0.6 is 0 Å². The molecule has 1 aliphatic heterocycles. The van der Waals surface area contributed by atoms with Crippen LogP contribution in [-0.2, 0) is 6.42 Å². The molecule has 0 bridgehead atoms. The average Bonchev–Trinajstić information content (AvgIpc) is 2.87. The van der Waals surface area contributed by atoms with Crippen molar-refractivity contribution in [1.29, 1.82) is 0 Å². The zero-order chi connectivity index (χ0) is 14.8. The molecule has 110 valence electrons. The van der Waals surface area contributed by atoms with Crippen LogP contribution in [0.4, 0.5) is 8.78 Å². The maximum Gasteiger partial charge on any atom is 0.123 e. The molecule has 4 heteroatoms. The normalized spacial score (nSPS) is 18.1. The fraction of sp³-hybridized carbons (Fsp3) is 0.294. The summed E-state index contributed by atoms with van der Waals surface area (Å²) < 4.78 is 32.0. The molecule has 2 aromatic carbocycles. The summed E-state index contributed by atoms with van der Waals surface area (Å²) in [5.74, 6) is 0.354. The first-order chi connectivity index (χ1) is 10.2. The molecule has 1 aliphatic rings. The molecule has 1 heterocycles. The molecule has 2 nitrogen and oxygen atoms in total. The number of halogens is 2. The zero-order valence-electron chi connectivity index (χ0n) is 11.6. The molecule has 0 fully saturated rings. The van der Waals surface area contributed by atoms with Gasteiger partial charge in [-0.1, -0.05) is 12.1 Å². The fourth-order valence-electron chi connectivity index (χ4n) is 2.84. The van der Waals surface area contributed by atoms with Gasteiger partial charge >= 0.3 is 0 Å². The summed E-state index contributed by atoms with van der Waals surface area (Å²) in [6.07, 6.45) is 1.41. The quantitative estimate of drug-likeness (QED) is 0.936. The molecule has 0 aliphatic carbocycles. The second-order valence-corrected chi connectivity index (χ2v) is 5.42. The van der Waals surface area contributed by atoms with E-state index in [1.807, 2.05) is 0 Å². The van der Waals surface area contributed by atoms with Crippen molar-refractivity contribution in [3.05, 3.63) is 65.2 Å². The van der Waals surface area contributed by atoms with Crippen LogP contribution in [-0.4, -0.2) is 12.6 Å². The Bertz CT molecular complexity index is 627. The molecule has 2 unspecified atom stereocenters. The van der Waals surface area contributed by atoms with Gasteiger partial charge in [-0.05, 0) is 54.8 Å². The van der Waals surface area contributed by atoms with Crippen LogP contribution < -0.4 is 10.5 Å². The van der Waals surface area contributed by atoms with Crippen molar-refractivity contribution in [1.82, 2.24) is 0 Å². The van der Waals surface area contributed by atoms with Crippen molar-refractivity contribution in [2.45, 2.75) is 24.9 Å². The second-order valence-electron chi connectivity index (χ2n) is 5.42. The van der Waals surface area contributed by atoms with Gasteiger partial charge in [-0.3, -0.25) is 0 Å². The Kier molecular flexibility index (Phi) is 3.88. The van der Waals surface area contributed by atoms with Gasteiger partial charge in [-0.15, -0.1) is 0 Å². The number of fused-ring (bicyclic) bond motifs is 1. The molecule has 2 atom stereocenters. The van der Waals surface area contributed by atoms with Gasteiger partial charge < -0.3 is 10.5 Å². The summed E-state index contributed by atoms with van der Waals surface area (Å²) in [5, 5.41) is 0. The van der Waals surface area contributed by atoms with E-state index >= 15 is 0 Å². The van der Waals surface area contributed by atoms with Crippen LogP contribution in [0.15, 0.2) is 42.5 Å². The van der Waals surface area contributed by atoms with Gasteiger partial charge in [0, 0.05) is 12.0 Å². The topological polar surface area (TPSA) is 35.2 Å². The highest BCUT2D eigenvalue weighted by molar-refractivity contribution is 5.38. The van der Waals surface area contributed by atoms with Gasteiger partial charge in [0.15, 0.2) is 0 Å². The lowest BCUT2D eigenvalue weighted by Gasteiger charge is -2.19.